The molecule has 0 saturated carbocycles. The number of nitrogens with zero attached hydrogens (tertiary/aromatic N) is 2. The van der Waals surface area contributed by atoms with Crippen molar-refractivity contribution in [2.45, 2.75) is 88.6 Å². The van der Waals surface area contributed by atoms with Crippen LogP contribution in [0.3, 0.4) is 0 Å². The summed E-state index contributed by atoms with van der Waals surface area (Å²) >= 11 is 0. The van der Waals surface area contributed by atoms with E-state index in [9.17, 15) is 15.2 Å². The first kappa shape index (κ1) is 36.4. The lowest BCUT2D eigenvalue weighted by atomic mass is 9.72. The Balaban J connectivity index is 1.29. The summed E-state index contributed by atoms with van der Waals surface area (Å²) in [4.78, 5) is 15.5. The van der Waals surface area contributed by atoms with Crippen LogP contribution >= 0.6 is 0 Å². The molecule has 0 aliphatic carbocycles. The maximum Gasteiger partial charge on any atom is 0.258 e. The Morgan fingerprint density at radius 3 is 2.26 bits per heavy atom. The standard InChI is InChI=1S/C43H49N3O7Si/c1-25-19-27-20-31-34(22-44)46-32(17-18-43(3,4)54(48,28-13-9-7-10-14-28)29-15-11-8-12-16-29)36-30(38(47)26(2)40-42(36)53-24-52-40)21-33(46)37(45-31)35(27)41(39(25)50-6)51-23-49-5/h7-16,19,31-34,37,45,47-48H,17-18,20-21,23-24H2,1-6H3/t31-,32-,33?,34-,37+/m0/s1. The lowest BCUT2D eigenvalue weighted by molar-refractivity contribution is -0.00783. The van der Waals surface area contributed by atoms with Crippen molar-refractivity contribution >= 4 is 18.7 Å². The van der Waals surface area contributed by atoms with Gasteiger partial charge in [-0.05, 0) is 66.1 Å². The van der Waals surface area contributed by atoms with Crippen LogP contribution in [0.5, 0.6) is 28.7 Å². The molecule has 0 spiro atoms. The third kappa shape index (κ3) is 5.49. The van der Waals surface area contributed by atoms with Crippen LogP contribution in [0.2, 0.25) is 5.04 Å². The molecule has 1 unspecified atom stereocenters. The summed E-state index contributed by atoms with van der Waals surface area (Å²) in [5, 5.41) is 28.3. The van der Waals surface area contributed by atoms with Crippen LogP contribution in [0.25, 0.3) is 0 Å². The van der Waals surface area contributed by atoms with Gasteiger partial charge in [-0.1, -0.05) is 80.6 Å². The number of ether oxygens (including phenoxy) is 5. The van der Waals surface area contributed by atoms with E-state index in [0.29, 0.717) is 54.2 Å². The number of benzene rings is 4. The Hall–Kier alpha value is -4.57. The minimum atomic E-state index is -3.36. The number of piperazine rings is 1. The van der Waals surface area contributed by atoms with E-state index >= 15 is 0 Å². The fourth-order valence-corrected chi connectivity index (χ4v) is 13.7. The number of methoxy groups -OCH3 is 2. The second kappa shape index (κ2) is 13.9. The Morgan fingerprint density at radius 2 is 1.63 bits per heavy atom. The van der Waals surface area contributed by atoms with Crippen molar-refractivity contribution in [2.24, 2.45) is 0 Å². The van der Waals surface area contributed by atoms with Gasteiger partial charge in [0.2, 0.25) is 6.79 Å². The van der Waals surface area contributed by atoms with E-state index < -0.39 is 19.4 Å². The van der Waals surface area contributed by atoms with Crippen molar-refractivity contribution in [1.29, 1.82) is 5.26 Å². The molecule has 10 nitrogen and oxygen atoms in total. The first-order valence-electron chi connectivity index (χ1n) is 18.8. The number of rotatable bonds is 10. The molecule has 2 bridgehead atoms. The molecular formula is C43H49N3O7Si. The average Bonchev–Trinajstić information content (AvgIpc) is 3.68. The zero-order valence-electron chi connectivity index (χ0n) is 31.8. The zero-order chi connectivity index (χ0) is 37.9. The maximum atomic E-state index is 13.1. The van der Waals surface area contributed by atoms with Gasteiger partial charge in [-0.15, -0.1) is 0 Å². The van der Waals surface area contributed by atoms with E-state index in [0.717, 1.165) is 38.2 Å². The Labute approximate surface area is 318 Å². The van der Waals surface area contributed by atoms with E-state index in [1.807, 2.05) is 74.5 Å². The molecule has 54 heavy (non-hydrogen) atoms. The van der Waals surface area contributed by atoms with Crippen LogP contribution < -0.4 is 34.6 Å². The van der Waals surface area contributed by atoms with Crippen LogP contribution in [-0.4, -0.2) is 69.1 Å². The topological polar surface area (TPSA) is 126 Å². The maximum absolute atomic E-state index is 13.1. The number of hydrogen-bond donors (Lipinski definition) is 3. The molecule has 0 amide bonds. The molecule has 4 aliphatic rings. The third-order valence-corrected chi connectivity index (χ3v) is 17.0. The summed E-state index contributed by atoms with van der Waals surface area (Å²) in [7, 11) is -0.113. The van der Waals surface area contributed by atoms with E-state index in [1.54, 1.807) is 14.2 Å². The predicted octanol–water partition coefficient (Wildman–Crippen LogP) is 5.47. The summed E-state index contributed by atoms with van der Waals surface area (Å²) in [5.74, 6) is 2.68. The van der Waals surface area contributed by atoms with Crippen molar-refractivity contribution in [3.63, 3.8) is 0 Å². The van der Waals surface area contributed by atoms with E-state index in [1.165, 1.54) is 0 Å². The molecular weight excluding hydrogens is 699 g/mol. The second-order valence-corrected chi connectivity index (χ2v) is 19.7. The van der Waals surface area contributed by atoms with Crippen LogP contribution in [0.15, 0.2) is 66.7 Å². The van der Waals surface area contributed by atoms with E-state index in [2.05, 4.69) is 36.2 Å². The number of phenols is 1. The average molecular weight is 748 g/mol. The molecule has 4 aliphatic heterocycles. The summed E-state index contributed by atoms with van der Waals surface area (Å²) in [5.41, 5.74) is 5.39. The third-order valence-electron chi connectivity index (χ3n) is 12.5. The highest BCUT2D eigenvalue weighted by Gasteiger charge is 2.56. The van der Waals surface area contributed by atoms with Crippen molar-refractivity contribution in [3.05, 3.63) is 100 Å². The van der Waals surface area contributed by atoms with Gasteiger partial charge in [0.05, 0.1) is 19.2 Å². The van der Waals surface area contributed by atoms with Crippen LogP contribution in [-0.2, 0) is 17.6 Å². The fraction of sp³-hybridized carbons (Fsp3) is 0.419. The number of aryl methyl sites for hydroxylation is 1. The number of hydrogen-bond acceptors (Lipinski definition) is 10. The van der Waals surface area contributed by atoms with Gasteiger partial charge in [0.1, 0.15) is 11.8 Å². The van der Waals surface area contributed by atoms with Crippen molar-refractivity contribution in [1.82, 2.24) is 10.2 Å². The molecule has 4 heterocycles. The highest BCUT2D eigenvalue weighted by atomic mass is 28.4. The zero-order valence-corrected chi connectivity index (χ0v) is 32.8. The van der Waals surface area contributed by atoms with Gasteiger partial charge in [0.15, 0.2) is 29.8 Å². The molecule has 3 N–H and O–H groups in total. The Kier molecular flexibility index (Phi) is 9.39. The normalized spacial score (nSPS) is 22.8. The number of aromatic hydroxyl groups is 1. The van der Waals surface area contributed by atoms with Gasteiger partial charge in [-0.3, -0.25) is 4.90 Å². The van der Waals surface area contributed by atoms with Gasteiger partial charge in [0.25, 0.3) is 8.32 Å². The summed E-state index contributed by atoms with van der Waals surface area (Å²) in [6.07, 6.45) is 2.31. The fourth-order valence-electron chi connectivity index (χ4n) is 9.94. The minimum Gasteiger partial charge on any atom is -0.507 e. The Morgan fingerprint density at radius 1 is 0.963 bits per heavy atom. The van der Waals surface area contributed by atoms with Gasteiger partial charge >= 0.3 is 0 Å². The van der Waals surface area contributed by atoms with Gasteiger partial charge in [-0.25, -0.2) is 0 Å². The van der Waals surface area contributed by atoms with E-state index in [-0.39, 0.29) is 43.5 Å². The molecule has 4 aromatic carbocycles. The molecule has 11 heteroatoms. The number of nitrogens with one attached hydrogen (secondary N) is 1. The molecule has 0 aromatic heterocycles. The van der Waals surface area contributed by atoms with Crippen LogP contribution in [0.1, 0.15) is 72.2 Å². The lowest BCUT2D eigenvalue weighted by Gasteiger charge is -2.57. The number of phenolic OH excluding ortho intramolecular Hbond substituents is 1. The Bertz CT molecular complexity index is 2060. The quantitative estimate of drug-likeness (QED) is 0.142. The highest BCUT2D eigenvalue weighted by Crippen LogP contribution is 2.58. The molecule has 282 valence electrons. The van der Waals surface area contributed by atoms with Gasteiger partial charge < -0.3 is 38.9 Å². The monoisotopic (exact) mass is 747 g/mol. The molecule has 1 saturated heterocycles. The SMILES string of the molecule is COCOc1c(OC)c(C)cc2c1[C@@H]1N[C@@H](C2)[C@H](C#N)N2C1Cc1c(O)c(C)c3c(c1[C@@H]2CCC(C)(C)[Si](O)(c1ccccc1)c1ccccc1)OCO3. The van der Waals surface area contributed by atoms with Crippen molar-refractivity contribution < 1.29 is 33.6 Å². The van der Waals surface area contributed by atoms with Crippen molar-refractivity contribution in [2.75, 3.05) is 27.8 Å². The van der Waals surface area contributed by atoms with Crippen LogP contribution in [0, 0.1) is 25.2 Å². The molecule has 1 fully saturated rings. The summed E-state index contributed by atoms with van der Waals surface area (Å²) in [6, 6.07) is 23.5. The highest BCUT2D eigenvalue weighted by molar-refractivity contribution is 6.98. The smallest absolute Gasteiger partial charge is 0.258 e. The number of fused-ring (bicyclic) bond motifs is 9. The summed E-state index contributed by atoms with van der Waals surface area (Å²) in [6.45, 7) is 8.34. The largest absolute Gasteiger partial charge is 0.507 e. The lowest BCUT2D eigenvalue weighted by Crippen LogP contribution is -2.68. The first-order valence-corrected chi connectivity index (χ1v) is 20.7. The summed E-state index contributed by atoms with van der Waals surface area (Å²) < 4.78 is 29.9. The molecule has 8 rings (SSSR count). The first-order chi connectivity index (χ1) is 26.0. The van der Waals surface area contributed by atoms with Gasteiger partial charge in [0, 0.05) is 47.5 Å². The minimum absolute atomic E-state index is 0.0528. The van der Waals surface area contributed by atoms with Crippen molar-refractivity contribution in [3.8, 4) is 34.8 Å². The predicted molar refractivity (Wildman–Crippen MR) is 207 cm³/mol. The molecule has 0 radical (unpaired) electrons. The second-order valence-electron chi connectivity index (χ2n) is 15.7. The molecule has 5 atom stereocenters. The van der Waals surface area contributed by atoms with E-state index in [4.69, 9.17) is 23.7 Å². The van der Waals surface area contributed by atoms with Gasteiger partial charge in [-0.2, -0.15) is 5.26 Å². The molecule has 4 aromatic rings. The number of nitriles is 1. The van der Waals surface area contributed by atoms with Crippen LogP contribution in [0.4, 0.5) is 0 Å².